The van der Waals surface area contributed by atoms with Crippen molar-refractivity contribution >= 4 is 0 Å². The summed E-state index contributed by atoms with van der Waals surface area (Å²) in [5, 5.41) is 0. The highest BCUT2D eigenvalue weighted by Crippen LogP contribution is 2.16. The fourth-order valence-corrected chi connectivity index (χ4v) is 3.65. The molecule has 0 amide bonds. The molecular weight excluding hydrogens is 361 g/mol. The lowest BCUT2D eigenvalue weighted by Gasteiger charge is -2.07. The van der Waals surface area contributed by atoms with Crippen molar-refractivity contribution in [1.82, 2.24) is 0 Å². The van der Waals surface area contributed by atoms with E-state index >= 15 is 0 Å². The van der Waals surface area contributed by atoms with Gasteiger partial charge >= 0.3 is 6.18 Å². The molecule has 0 aromatic carbocycles. The fourth-order valence-electron chi connectivity index (χ4n) is 3.65. The molecule has 0 aliphatic heterocycles. The summed E-state index contributed by atoms with van der Waals surface area (Å²) in [6.07, 6.45) is 22.1. The monoisotopic (exact) mass is 408 g/mol. The van der Waals surface area contributed by atoms with Crippen LogP contribution >= 0.6 is 0 Å². The first-order valence-electron chi connectivity index (χ1n) is 12.2. The van der Waals surface area contributed by atoms with Gasteiger partial charge in [-0.3, -0.25) is 0 Å². The second-order valence-electron chi connectivity index (χ2n) is 8.39. The lowest BCUT2D eigenvalue weighted by molar-refractivity contribution is -0.174. The van der Waals surface area contributed by atoms with Crippen LogP contribution in [0.5, 0.6) is 0 Å². The molecule has 0 aromatic rings. The van der Waals surface area contributed by atoms with E-state index in [4.69, 9.17) is 0 Å². The third-order valence-electron chi connectivity index (χ3n) is 5.41. The molecule has 170 valence electrons. The third kappa shape index (κ3) is 25.8. The van der Waals surface area contributed by atoms with Crippen molar-refractivity contribution in [2.75, 3.05) is 13.2 Å². The molecule has 0 unspecified atom stereocenters. The predicted octanol–water partition coefficient (Wildman–Crippen LogP) is 9.39. The second-order valence-corrected chi connectivity index (χ2v) is 8.39. The Balaban J connectivity index is 3.01. The van der Waals surface area contributed by atoms with Crippen LogP contribution in [-0.4, -0.2) is 19.4 Å². The quantitative estimate of drug-likeness (QED) is 0.162. The Morgan fingerprint density at radius 1 is 0.464 bits per heavy atom. The minimum Gasteiger partial charge on any atom is -0.372 e. The van der Waals surface area contributed by atoms with Crippen LogP contribution in [0.15, 0.2) is 0 Å². The van der Waals surface area contributed by atoms with E-state index in [9.17, 15) is 13.2 Å². The molecule has 0 bridgehead atoms. The van der Waals surface area contributed by atoms with Crippen LogP contribution in [0, 0.1) is 0 Å². The normalized spacial score (nSPS) is 12.0. The maximum atomic E-state index is 11.9. The topological polar surface area (TPSA) is 9.23 Å². The molecule has 1 nitrogen and oxygen atoms in total. The van der Waals surface area contributed by atoms with Gasteiger partial charge in [-0.15, -0.1) is 0 Å². The van der Waals surface area contributed by atoms with Gasteiger partial charge in [0.1, 0.15) is 6.61 Å². The molecular formula is C24H47F3O. The van der Waals surface area contributed by atoms with Crippen molar-refractivity contribution in [1.29, 1.82) is 0 Å². The van der Waals surface area contributed by atoms with Gasteiger partial charge < -0.3 is 4.74 Å². The maximum absolute atomic E-state index is 11.9. The Hall–Kier alpha value is -0.250. The van der Waals surface area contributed by atoms with E-state index in [1.807, 2.05) is 0 Å². The number of unbranched alkanes of at least 4 members (excludes halogenated alkanes) is 19. The van der Waals surface area contributed by atoms with Gasteiger partial charge in [0.15, 0.2) is 0 Å². The summed E-state index contributed by atoms with van der Waals surface area (Å²) in [4.78, 5) is 0. The Bertz CT molecular complexity index is 292. The third-order valence-corrected chi connectivity index (χ3v) is 5.41. The molecule has 0 atom stereocenters. The Kier molecular flexibility index (Phi) is 21.3. The number of ether oxygens (including phenoxy) is 1. The van der Waals surface area contributed by atoms with Crippen LogP contribution in [0.25, 0.3) is 0 Å². The van der Waals surface area contributed by atoms with Crippen molar-refractivity contribution in [2.45, 2.75) is 142 Å². The molecule has 0 spiro atoms. The van der Waals surface area contributed by atoms with Gasteiger partial charge in [0, 0.05) is 6.61 Å². The van der Waals surface area contributed by atoms with Gasteiger partial charge in [0.25, 0.3) is 0 Å². The summed E-state index contributed by atoms with van der Waals surface area (Å²) in [6, 6.07) is 0. The molecule has 0 radical (unpaired) electrons. The van der Waals surface area contributed by atoms with Crippen molar-refractivity contribution in [2.24, 2.45) is 0 Å². The minimum atomic E-state index is -4.19. The van der Waals surface area contributed by atoms with Crippen LogP contribution in [0.1, 0.15) is 135 Å². The number of alkyl halides is 3. The zero-order chi connectivity index (χ0) is 20.8. The second kappa shape index (κ2) is 21.5. The average molecular weight is 409 g/mol. The van der Waals surface area contributed by atoms with E-state index in [-0.39, 0.29) is 6.61 Å². The Labute approximate surface area is 173 Å². The Morgan fingerprint density at radius 3 is 1.04 bits per heavy atom. The molecule has 28 heavy (non-hydrogen) atoms. The Morgan fingerprint density at radius 2 is 0.750 bits per heavy atom. The van der Waals surface area contributed by atoms with E-state index in [1.54, 1.807) is 0 Å². The fraction of sp³-hybridized carbons (Fsp3) is 1.00. The molecule has 0 fully saturated rings. The molecule has 0 aliphatic rings. The van der Waals surface area contributed by atoms with Crippen molar-refractivity contribution < 1.29 is 17.9 Å². The molecule has 0 heterocycles. The summed E-state index contributed by atoms with van der Waals surface area (Å²) in [7, 11) is 0. The highest BCUT2D eigenvalue weighted by molar-refractivity contribution is 4.51. The molecule has 0 N–H and O–H groups in total. The largest absolute Gasteiger partial charge is 0.411 e. The number of hydrogen-bond acceptors (Lipinski definition) is 1. The lowest BCUT2D eigenvalue weighted by Crippen LogP contribution is -2.17. The molecule has 0 aliphatic carbocycles. The van der Waals surface area contributed by atoms with Gasteiger partial charge in [0.05, 0.1) is 0 Å². The van der Waals surface area contributed by atoms with Crippen LogP contribution in [-0.2, 0) is 4.74 Å². The van der Waals surface area contributed by atoms with Gasteiger partial charge in [-0.2, -0.15) is 13.2 Å². The SMILES string of the molecule is CCCCCCCCCCCCCCCCCCCCCCOCC(F)(F)F. The van der Waals surface area contributed by atoms with E-state index in [0.717, 1.165) is 19.3 Å². The standard InChI is InChI=1S/C24H47F3O/c1-2-3-4-5-6-7-8-9-10-11-12-13-14-15-16-17-18-19-20-21-22-28-23-24(25,26)27/h2-23H2,1H3. The molecule has 4 heteroatoms. The van der Waals surface area contributed by atoms with E-state index in [1.165, 1.54) is 109 Å². The van der Waals surface area contributed by atoms with E-state index < -0.39 is 12.8 Å². The van der Waals surface area contributed by atoms with Crippen LogP contribution in [0.4, 0.5) is 13.2 Å². The summed E-state index contributed by atoms with van der Waals surface area (Å²) in [5.41, 5.74) is 0. The number of rotatable bonds is 22. The zero-order valence-corrected chi connectivity index (χ0v) is 18.6. The van der Waals surface area contributed by atoms with Gasteiger partial charge in [-0.1, -0.05) is 129 Å². The number of halogens is 3. The van der Waals surface area contributed by atoms with E-state index in [0.29, 0.717) is 0 Å². The van der Waals surface area contributed by atoms with Gasteiger partial charge in [-0.25, -0.2) is 0 Å². The summed E-state index contributed by atoms with van der Waals surface area (Å²) < 4.78 is 40.3. The van der Waals surface area contributed by atoms with E-state index in [2.05, 4.69) is 11.7 Å². The molecule has 0 rings (SSSR count). The van der Waals surface area contributed by atoms with Gasteiger partial charge in [-0.05, 0) is 6.42 Å². The van der Waals surface area contributed by atoms with Crippen molar-refractivity contribution in [3.8, 4) is 0 Å². The minimum absolute atomic E-state index is 0.235. The first-order chi connectivity index (χ1) is 13.6. The molecule has 0 aromatic heterocycles. The summed E-state index contributed by atoms with van der Waals surface area (Å²) >= 11 is 0. The number of hydrogen-bond donors (Lipinski definition) is 0. The highest BCUT2D eigenvalue weighted by atomic mass is 19.4. The first-order valence-corrected chi connectivity index (χ1v) is 12.2. The molecule has 0 saturated heterocycles. The van der Waals surface area contributed by atoms with Crippen molar-refractivity contribution in [3.05, 3.63) is 0 Å². The zero-order valence-electron chi connectivity index (χ0n) is 18.6. The predicted molar refractivity (Wildman–Crippen MR) is 115 cm³/mol. The van der Waals surface area contributed by atoms with Crippen LogP contribution in [0.2, 0.25) is 0 Å². The average Bonchev–Trinajstić information content (AvgIpc) is 2.65. The molecule has 0 saturated carbocycles. The van der Waals surface area contributed by atoms with Gasteiger partial charge in [0.2, 0.25) is 0 Å². The maximum Gasteiger partial charge on any atom is 0.411 e. The lowest BCUT2D eigenvalue weighted by atomic mass is 10.0. The summed E-state index contributed by atoms with van der Waals surface area (Å²) in [6.45, 7) is 1.40. The summed E-state index contributed by atoms with van der Waals surface area (Å²) in [5.74, 6) is 0. The van der Waals surface area contributed by atoms with Crippen LogP contribution in [0.3, 0.4) is 0 Å². The highest BCUT2D eigenvalue weighted by Gasteiger charge is 2.27. The smallest absolute Gasteiger partial charge is 0.372 e. The van der Waals surface area contributed by atoms with Crippen LogP contribution < -0.4 is 0 Å². The first kappa shape index (κ1) is 27.8. The van der Waals surface area contributed by atoms with Crippen molar-refractivity contribution in [3.63, 3.8) is 0 Å².